The number of esters is 1. The average Bonchev–Trinajstić information content (AvgIpc) is 2.55. The second-order valence-corrected chi connectivity index (χ2v) is 5.59. The Morgan fingerprint density at radius 2 is 1.88 bits per heavy atom. The van der Waals surface area contributed by atoms with Crippen LogP contribution in [0.4, 0.5) is 0 Å². The lowest BCUT2D eigenvalue weighted by atomic mass is 10.1. The van der Waals surface area contributed by atoms with Crippen LogP contribution in [0, 0.1) is 6.92 Å². The highest BCUT2D eigenvalue weighted by atomic mass is 16.5. The Balaban J connectivity index is 1.83. The number of hydrogen-bond donors (Lipinski definition) is 2. The molecule has 0 spiro atoms. The van der Waals surface area contributed by atoms with Gasteiger partial charge < -0.3 is 15.2 Å². The number of aromatic hydroxyl groups is 1. The number of phenolic OH excluding ortho intramolecular Hbond substituents is 1. The number of carbonyl (C=O) groups is 2. The summed E-state index contributed by atoms with van der Waals surface area (Å²) >= 11 is 0. The summed E-state index contributed by atoms with van der Waals surface area (Å²) in [5.74, 6) is -1.25. The normalized spacial score (nSPS) is 11.6. The molecule has 0 radical (unpaired) electrons. The van der Waals surface area contributed by atoms with Crippen molar-refractivity contribution in [3.63, 3.8) is 0 Å². The standard InChI is InChI=1S/C19H21NO4/c1-13-8-9-16(17(21)12-13)19(23)24-14(2)18(22)20-11-10-15-6-4-3-5-7-15/h3-9,12,14,21H,10-11H2,1-2H3,(H,20,22)/t14-/m0/s1. The van der Waals surface area contributed by atoms with Crippen LogP contribution in [-0.4, -0.2) is 29.6 Å². The Hall–Kier alpha value is -2.82. The van der Waals surface area contributed by atoms with E-state index in [0.29, 0.717) is 13.0 Å². The molecule has 1 atom stereocenters. The molecule has 24 heavy (non-hydrogen) atoms. The topological polar surface area (TPSA) is 75.6 Å². The lowest BCUT2D eigenvalue weighted by molar-refractivity contribution is -0.129. The van der Waals surface area contributed by atoms with Gasteiger partial charge in [0.25, 0.3) is 5.91 Å². The molecule has 0 aliphatic heterocycles. The molecule has 0 aromatic heterocycles. The van der Waals surface area contributed by atoms with Gasteiger partial charge in [-0.05, 0) is 43.5 Å². The van der Waals surface area contributed by atoms with E-state index >= 15 is 0 Å². The molecule has 0 fully saturated rings. The fraction of sp³-hybridized carbons (Fsp3) is 0.263. The first-order chi connectivity index (χ1) is 11.5. The molecule has 5 heteroatoms. The molecule has 0 saturated heterocycles. The van der Waals surface area contributed by atoms with Gasteiger partial charge in [-0.2, -0.15) is 0 Å². The van der Waals surface area contributed by atoms with E-state index in [1.54, 1.807) is 13.0 Å². The molecular weight excluding hydrogens is 306 g/mol. The number of rotatable bonds is 6. The van der Waals surface area contributed by atoms with Gasteiger partial charge in [-0.1, -0.05) is 36.4 Å². The van der Waals surface area contributed by atoms with Gasteiger partial charge in [-0.3, -0.25) is 4.79 Å². The zero-order valence-corrected chi connectivity index (χ0v) is 13.8. The fourth-order valence-electron chi connectivity index (χ4n) is 2.21. The number of amides is 1. The van der Waals surface area contributed by atoms with E-state index in [-0.39, 0.29) is 17.2 Å². The van der Waals surface area contributed by atoms with Crippen LogP contribution in [0.1, 0.15) is 28.4 Å². The molecule has 1 amide bonds. The summed E-state index contributed by atoms with van der Waals surface area (Å²) in [6.07, 6.45) is -0.236. The van der Waals surface area contributed by atoms with E-state index in [1.165, 1.54) is 19.1 Å². The zero-order chi connectivity index (χ0) is 17.5. The highest BCUT2D eigenvalue weighted by Gasteiger charge is 2.20. The first-order valence-corrected chi connectivity index (χ1v) is 7.79. The van der Waals surface area contributed by atoms with E-state index in [1.807, 2.05) is 30.3 Å². The van der Waals surface area contributed by atoms with Gasteiger partial charge in [0, 0.05) is 6.54 Å². The van der Waals surface area contributed by atoms with Crippen LogP contribution in [0.2, 0.25) is 0 Å². The van der Waals surface area contributed by atoms with Crippen LogP contribution >= 0.6 is 0 Å². The van der Waals surface area contributed by atoms with Gasteiger partial charge in [0.05, 0.1) is 0 Å². The maximum Gasteiger partial charge on any atom is 0.342 e. The number of ether oxygens (including phenoxy) is 1. The van der Waals surface area contributed by atoms with Gasteiger partial charge in [0.2, 0.25) is 0 Å². The third kappa shape index (κ3) is 4.84. The number of aryl methyl sites for hydroxylation is 1. The molecule has 0 heterocycles. The van der Waals surface area contributed by atoms with E-state index in [2.05, 4.69) is 5.32 Å². The lowest BCUT2D eigenvalue weighted by Gasteiger charge is -2.14. The third-order valence-electron chi connectivity index (χ3n) is 3.58. The smallest absolute Gasteiger partial charge is 0.342 e. The third-order valence-corrected chi connectivity index (χ3v) is 3.58. The minimum Gasteiger partial charge on any atom is -0.507 e. The predicted octanol–water partition coefficient (Wildman–Crippen LogP) is 2.60. The maximum absolute atomic E-state index is 12.0. The van der Waals surface area contributed by atoms with E-state index in [9.17, 15) is 14.7 Å². The molecule has 2 aromatic carbocycles. The van der Waals surface area contributed by atoms with Crippen molar-refractivity contribution < 1.29 is 19.4 Å². The molecule has 0 unspecified atom stereocenters. The van der Waals surface area contributed by atoms with Crippen molar-refractivity contribution in [1.82, 2.24) is 5.32 Å². The summed E-state index contributed by atoms with van der Waals surface area (Å²) in [6, 6.07) is 14.4. The molecule has 5 nitrogen and oxygen atoms in total. The molecule has 0 saturated carbocycles. The number of carbonyl (C=O) groups excluding carboxylic acids is 2. The number of hydrogen-bond acceptors (Lipinski definition) is 4. The van der Waals surface area contributed by atoms with Crippen LogP contribution in [0.3, 0.4) is 0 Å². The number of phenols is 1. The van der Waals surface area contributed by atoms with Crippen molar-refractivity contribution in [2.24, 2.45) is 0 Å². The quantitative estimate of drug-likeness (QED) is 0.800. The largest absolute Gasteiger partial charge is 0.507 e. The number of benzene rings is 2. The Morgan fingerprint density at radius 3 is 2.54 bits per heavy atom. The summed E-state index contributed by atoms with van der Waals surface area (Å²) in [5.41, 5.74) is 1.99. The molecule has 0 aliphatic carbocycles. The molecular formula is C19H21NO4. The second kappa shape index (κ2) is 8.15. The van der Waals surface area contributed by atoms with Crippen LogP contribution in [0.15, 0.2) is 48.5 Å². The van der Waals surface area contributed by atoms with Gasteiger partial charge >= 0.3 is 5.97 Å². The molecule has 0 bridgehead atoms. The summed E-state index contributed by atoms with van der Waals surface area (Å²) in [4.78, 5) is 24.0. The van der Waals surface area contributed by atoms with Crippen molar-refractivity contribution in [3.8, 4) is 5.75 Å². The van der Waals surface area contributed by atoms with Gasteiger partial charge in [0.15, 0.2) is 6.10 Å². The van der Waals surface area contributed by atoms with Crippen molar-refractivity contribution in [1.29, 1.82) is 0 Å². The van der Waals surface area contributed by atoms with Crippen molar-refractivity contribution in [3.05, 3.63) is 65.2 Å². The molecule has 2 aromatic rings. The Labute approximate surface area is 141 Å². The first-order valence-electron chi connectivity index (χ1n) is 7.79. The Bertz CT molecular complexity index is 713. The minimum absolute atomic E-state index is 0.0459. The monoisotopic (exact) mass is 327 g/mol. The highest BCUT2D eigenvalue weighted by molar-refractivity contribution is 5.94. The van der Waals surface area contributed by atoms with Crippen LogP contribution in [-0.2, 0) is 16.0 Å². The van der Waals surface area contributed by atoms with E-state index in [0.717, 1.165) is 11.1 Å². The van der Waals surface area contributed by atoms with E-state index in [4.69, 9.17) is 4.74 Å². The molecule has 0 aliphatic rings. The van der Waals surface area contributed by atoms with Gasteiger partial charge in [-0.25, -0.2) is 4.79 Å². The van der Waals surface area contributed by atoms with Gasteiger partial charge in [-0.15, -0.1) is 0 Å². The molecule has 2 N–H and O–H groups in total. The first kappa shape index (κ1) is 17.5. The van der Waals surface area contributed by atoms with Crippen molar-refractivity contribution in [2.45, 2.75) is 26.4 Å². The SMILES string of the molecule is Cc1ccc(C(=O)O[C@@H](C)C(=O)NCCc2ccccc2)c(O)c1. The number of nitrogens with one attached hydrogen (secondary N) is 1. The van der Waals surface area contributed by atoms with Crippen molar-refractivity contribution >= 4 is 11.9 Å². The highest BCUT2D eigenvalue weighted by Crippen LogP contribution is 2.19. The average molecular weight is 327 g/mol. The van der Waals surface area contributed by atoms with Gasteiger partial charge in [0.1, 0.15) is 11.3 Å². The lowest BCUT2D eigenvalue weighted by Crippen LogP contribution is -2.36. The van der Waals surface area contributed by atoms with Crippen LogP contribution in [0.5, 0.6) is 5.75 Å². The summed E-state index contributed by atoms with van der Waals surface area (Å²) < 4.78 is 5.11. The Morgan fingerprint density at radius 1 is 1.17 bits per heavy atom. The van der Waals surface area contributed by atoms with Crippen LogP contribution in [0.25, 0.3) is 0 Å². The summed E-state index contributed by atoms with van der Waals surface area (Å²) in [6.45, 7) is 3.76. The second-order valence-electron chi connectivity index (χ2n) is 5.59. The Kier molecular flexibility index (Phi) is 5.95. The summed E-state index contributed by atoms with van der Waals surface area (Å²) in [5, 5.41) is 12.5. The maximum atomic E-state index is 12.0. The fourth-order valence-corrected chi connectivity index (χ4v) is 2.21. The molecule has 2 rings (SSSR count). The van der Waals surface area contributed by atoms with Crippen LogP contribution < -0.4 is 5.32 Å². The summed E-state index contributed by atoms with van der Waals surface area (Å²) in [7, 11) is 0. The zero-order valence-electron chi connectivity index (χ0n) is 13.8. The molecule has 126 valence electrons. The minimum atomic E-state index is -0.936. The van der Waals surface area contributed by atoms with Crippen molar-refractivity contribution in [2.75, 3.05) is 6.54 Å². The van der Waals surface area contributed by atoms with E-state index < -0.39 is 12.1 Å². The predicted molar refractivity (Wildman–Crippen MR) is 90.9 cm³/mol.